The van der Waals surface area contributed by atoms with E-state index in [0.717, 1.165) is 36.9 Å². The molecule has 0 bridgehead atoms. The monoisotopic (exact) mass is 359 g/mol. The molecule has 1 heterocycles. The molecule has 1 aliphatic heterocycles. The number of ether oxygens (including phenoxy) is 1. The molecule has 1 unspecified atom stereocenters. The molecule has 5 heteroatoms. The Labute approximate surface area is 133 Å². The second-order valence-corrected chi connectivity index (χ2v) is 6.22. The van der Waals surface area contributed by atoms with Crippen LogP contribution in [-0.2, 0) is 4.74 Å². The van der Waals surface area contributed by atoms with Crippen LogP contribution in [0.3, 0.4) is 0 Å². The summed E-state index contributed by atoms with van der Waals surface area (Å²) in [5.41, 5.74) is 0.553. The lowest BCUT2D eigenvalue weighted by Crippen LogP contribution is -2.43. The zero-order chi connectivity index (χ0) is 14.5. The van der Waals surface area contributed by atoms with Crippen LogP contribution in [0.1, 0.15) is 36.5 Å². The van der Waals surface area contributed by atoms with Crippen LogP contribution >= 0.6 is 27.5 Å². The van der Waals surface area contributed by atoms with E-state index in [1.807, 2.05) is 17.0 Å². The van der Waals surface area contributed by atoms with Crippen molar-refractivity contribution >= 4 is 33.4 Å². The van der Waals surface area contributed by atoms with Crippen LogP contribution in [-0.4, -0.2) is 36.6 Å². The van der Waals surface area contributed by atoms with E-state index >= 15 is 0 Å². The summed E-state index contributed by atoms with van der Waals surface area (Å²) in [5.74, 6) is -0.0129. The lowest BCUT2D eigenvalue weighted by Gasteiger charge is -2.33. The maximum atomic E-state index is 12.6. The third-order valence-electron chi connectivity index (χ3n) is 3.41. The van der Waals surface area contributed by atoms with E-state index in [0.29, 0.717) is 17.1 Å². The molecule has 2 rings (SSSR count). The Balaban J connectivity index is 2.06. The third-order valence-corrected chi connectivity index (χ3v) is 4.70. The first kappa shape index (κ1) is 15.8. The van der Waals surface area contributed by atoms with Crippen LogP contribution in [0.5, 0.6) is 0 Å². The Hall–Kier alpha value is -0.580. The van der Waals surface area contributed by atoms with E-state index in [2.05, 4.69) is 22.9 Å². The van der Waals surface area contributed by atoms with Gasteiger partial charge < -0.3 is 9.64 Å². The van der Waals surface area contributed by atoms with Gasteiger partial charge in [-0.1, -0.05) is 24.6 Å². The maximum absolute atomic E-state index is 12.6. The molecule has 1 amide bonds. The Kier molecular flexibility index (Phi) is 5.87. The van der Waals surface area contributed by atoms with Crippen LogP contribution in [0.15, 0.2) is 22.7 Å². The first-order valence-corrected chi connectivity index (χ1v) is 8.15. The number of hydrogen-bond donors (Lipinski definition) is 0. The number of carbonyl (C=O) groups is 1. The molecular weight excluding hydrogens is 342 g/mol. The van der Waals surface area contributed by atoms with Crippen molar-refractivity contribution in [3.05, 3.63) is 33.3 Å². The van der Waals surface area contributed by atoms with Gasteiger partial charge in [-0.2, -0.15) is 0 Å². The van der Waals surface area contributed by atoms with Gasteiger partial charge in [0, 0.05) is 24.2 Å². The molecule has 0 N–H and O–H groups in total. The Morgan fingerprint density at radius 2 is 2.35 bits per heavy atom. The Morgan fingerprint density at radius 1 is 1.55 bits per heavy atom. The highest BCUT2D eigenvalue weighted by Gasteiger charge is 2.26. The topological polar surface area (TPSA) is 29.5 Å². The number of benzene rings is 1. The van der Waals surface area contributed by atoms with Gasteiger partial charge in [-0.3, -0.25) is 4.79 Å². The number of rotatable bonds is 4. The predicted octanol–water partition coefficient (Wildman–Crippen LogP) is 4.13. The van der Waals surface area contributed by atoms with Crippen molar-refractivity contribution in [3.63, 3.8) is 0 Å². The zero-order valence-corrected chi connectivity index (χ0v) is 13.9. The molecule has 110 valence electrons. The van der Waals surface area contributed by atoms with E-state index < -0.39 is 0 Å². The van der Waals surface area contributed by atoms with Crippen LogP contribution in [0, 0.1) is 0 Å². The minimum absolute atomic E-state index is 0.0129. The summed E-state index contributed by atoms with van der Waals surface area (Å²) < 4.78 is 6.52. The van der Waals surface area contributed by atoms with Gasteiger partial charge in [-0.15, -0.1) is 0 Å². The summed E-state index contributed by atoms with van der Waals surface area (Å²) in [6.07, 6.45) is 3.16. The number of likely N-dealkylation sites (tertiary alicyclic amines) is 1. The van der Waals surface area contributed by atoms with E-state index in [1.54, 1.807) is 6.07 Å². The summed E-state index contributed by atoms with van der Waals surface area (Å²) in [6.45, 7) is 4.27. The molecule has 1 aromatic carbocycles. The molecule has 1 atom stereocenters. The van der Waals surface area contributed by atoms with Gasteiger partial charge in [0.1, 0.15) is 0 Å². The fraction of sp³-hybridized carbons (Fsp3) is 0.533. The van der Waals surface area contributed by atoms with E-state index in [4.69, 9.17) is 16.3 Å². The zero-order valence-electron chi connectivity index (χ0n) is 11.6. The number of nitrogens with zero attached hydrogens (tertiary/aromatic N) is 1. The average Bonchev–Trinajstić information content (AvgIpc) is 2.47. The molecule has 1 fully saturated rings. The second-order valence-electron chi connectivity index (χ2n) is 4.99. The highest BCUT2D eigenvalue weighted by Crippen LogP contribution is 2.28. The van der Waals surface area contributed by atoms with Crippen molar-refractivity contribution < 1.29 is 9.53 Å². The van der Waals surface area contributed by atoms with Gasteiger partial charge in [0.05, 0.1) is 16.7 Å². The number of halogens is 2. The molecule has 1 aliphatic rings. The van der Waals surface area contributed by atoms with Crippen molar-refractivity contribution in [1.82, 2.24) is 4.90 Å². The first-order chi connectivity index (χ1) is 9.63. The van der Waals surface area contributed by atoms with Gasteiger partial charge in [-0.05, 0) is 47.3 Å². The SMILES string of the molecule is CCCOC1CCCN(C(=O)c2cccc(Br)c2Cl)C1. The largest absolute Gasteiger partial charge is 0.376 e. The summed E-state index contributed by atoms with van der Waals surface area (Å²) in [4.78, 5) is 14.4. The van der Waals surface area contributed by atoms with Gasteiger partial charge in [0.25, 0.3) is 5.91 Å². The van der Waals surface area contributed by atoms with Gasteiger partial charge >= 0.3 is 0 Å². The highest BCUT2D eigenvalue weighted by molar-refractivity contribution is 9.10. The lowest BCUT2D eigenvalue weighted by molar-refractivity contribution is 0.00211. The van der Waals surface area contributed by atoms with Crippen molar-refractivity contribution in [3.8, 4) is 0 Å². The van der Waals surface area contributed by atoms with Crippen molar-refractivity contribution in [2.75, 3.05) is 19.7 Å². The highest BCUT2D eigenvalue weighted by atomic mass is 79.9. The first-order valence-electron chi connectivity index (χ1n) is 6.98. The van der Waals surface area contributed by atoms with E-state index in [9.17, 15) is 4.79 Å². The minimum Gasteiger partial charge on any atom is -0.376 e. The normalized spacial score (nSPS) is 19.1. The molecular formula is C15H19BrClNO2. The molecule has 1 aromatic rings. The van der Waals surface area contributed by atoms with Gasteiger partial charge in [-0.25, -0.2) is 0 Å². The van der Waals surface area contributed by atoms with E-state index in [-0.39, 0.29) is 12.0 Å². The minimum atomic E-state index is -0.0129. The Morgan fingerprint density at radius 3 is 3.10 bits per heavy atom. The molecule has 3 nitrogen and oxygen atoms in total. The number of hydrogen-bond acceptors (Lipinski definition) is 2. The van der Waals surface area contributed by atoms with Crippen molar-refractivity contribution in [1.29, 1.82) is 0 Å². The van der Waals surface area contributed by atoms with E-state index in [1.165, 1.54) is 0 Å². The Bertz CT molecular complexity index is 481. The number of carbonyl (C=O) groups excluding carboxylic acids is 1. The standard InChI is InChI=1S/C15H19BrClNO2/c1-2-9-20-11-5-4-8-18(10-11)15(19)12-6-3-7-13(16)14(12)17/h3,6-7,11H,2,4-5,8-10H2,1H3. The molecule has 0 aliphatic carbocycles. The fourth-order valence-electron chi connectivity index (χ4n) is 2.38. The van der Waals surface area contributed by atoms with Crippen LogP contribution in [0.25, 0.3) is 0 Å². The smallest absolute Gasteiger partial charge is 0.255 e. The molecule has 0 radical (unpaired) electrons. The lowest BCUT2D eigenvalue weighted by atomic mass is 10.1. The van der Waals surface area contributed by atoms with Crippen molar-refractivity contribution in [2.24, 2.45) is 0 Å². The predicted molar refractivity (Wildman–Crippen MR) is 84.3 cm³/mol. The molecule has 0 spiro atoms. The summed E-state index contributed by atoms with van der Waals surface area (Å²) in [5, 5.41) is 0.481. The van der Waals surface area contributed by atoms with Crippen LogP contribution in [0.2, 0.25) is 5.02 Å². The second kappa shape index (κ2) is 7.43. The summed E-state index contributed by atoms with van der Waals surface area (Å²) >= 11 is 9.56. The maximum Gasteiger partial charge on any atom is 0.255 e. The molecule has 0 saturated carbocycles. The van der Waals surface area contributed by atoms with Crippen LogP contribution in [0.4, 0.5) is 0 Å². The fourth-order valence-corrected chi connectivity index (χ4v) is 2.96. The van der Waals surface area contributed by atoms with Crippen LogP contribution < -0.4 is 0 Å². The quantitative estimate of drug-likeness (QED) is 0.808. The third kappa shape index (κ3) is 3.74. The number of piperidine rings is 1. The molecule has 0 aromatic heterocycles. The molecule has 20 heavy (non-hydrogen) atoms. The number of amides is 1. The average molecular weight is 361 g/mol. The van der Waals surface area contributed by atoms with Crippen molar-refractivity contribution in [2.45, 2.75) is 32.3 Å². The summed E-state index contributed by atoms with van der Waals surface area (Å²) in [7, 11) is 0. The van der Waals surface area contributed by atoms with Gasteiger partial charge in [0.2, 0.25) is 0 Å². The summed E-state index contributed by atoms with van der Waals surface area (Å²) in [6, 6.07) is 5.44. The van der Waals surface area contributed by atoms with Gasteiger partial charge in [0.15, 0.2) is 0 Å². The molecule has 1 saturated heterocycles.